The number of allylic oxidation sites excluding steroid dienone is 1. The van der Waals surface area contributed by atoms with E-state index >= 15 is 0 Å². The SMILES string of the molecule is Nc1ccc(-c2cccs2)cc1NC(=O)C1=CCCCC1. The predicted molar refractivity (Wildman–Crippen MR) is 89.3 cm³/mol. The number of nitrogen functional groups attached to an aromatic ring is 1. The lowest BCUT2D eigenvalue weighted by Crippen LogP contribution is -2.16. The zero-order chi connectivity index (χ0) is 14.7. The highest BCUT2D eigenvalue weighted by atomic mass is 32.1. The summed E-state index contributed by atoms with van der Waals surface area (Å²) in [7, 11) is 0. The first kappa shape index (κ1) is 13.9. The Morgan fingerprint density at radius 2 is 2.14 bits per heavy atom. The van der Waals surface area contributed by atoms with Crippen LogP contribution in [0.15, 0.2) is 47.4 Å². The highest BCUT2D eigenvalue weighted by Gasteiger charge is 2.14. The van der Waals surface area contributed by atoms with Crippen LogP contribution in [0.3, 0.4) is 0 Å². The Hall–Kier alpha value is -2.07. The third-order valence-electron chi connectivity index (χ3n) is 3.69. The van der Waals surface area contributed by atoms with E-state index in [0.29, 0.717) is 11.4 Å². The van der Waals surface area contributed by atoms with Crippen LogP contribution in [-0.4, -0.2) is 5.91 Å². The average molecular weight is 298 g/mol. The van der Waals surface area contributed by atoms with Crippen LogP contribution in [0, 0.1) is 0 Å². The summed E-state index contributed by atoms with van der Waals surface area (Å²) in [4.78, 5) is 13.5. The highest BCUT2D eigenvalue weighted by molar-refractivity contribution is 7.13. The van der Waals surface area contributed by atoms with E-state index in [-0.39, 0.29) is 5.91 Å². The molecule has 1 aliphatic carbocycles. The number of hydrogen-bond donors (Lipinski definition) is 2. The van der Waals surface area contributed by atoms with Gasteiger partial charge in [0.25, 0.3) is 5.91 Å². The van der Waals surface area contributed by atoms with Gasteiger partial charge in [0.1, 0.15) is 0 Å². The summed E-state index contributed by atoms with van der Waals surface area (Å²) >= 11 is 1.67. The number of hydrogen-bond acceptors (Lipinski definition) is 3. The first-order chi connectivity index (χ1) is 10.2. The van der Waals surface area contributed by atoms with Crippen molar-refractivity contribution >= 4 is 28.6 Å². The Bertz CT molecular complexity index is 674. The normalized spacial score (nSPS) is 14.6. The van der Waals surface area contributed by atoms with Crippen LogP contribution in [0.5, 0.6) is 0 Å². The number of amides is 1. The zero-order valence-electron chi connectivity index (χ0n) is 11.8. The van der Waals surface area contributed by atoms with E-state index in [1.165, 1.54) is 11.3 Å². The molecule has 1 aliphatic rings. The maximum absolute atomic E-state index is 12.3. The van der Waals surface area contributed by atoms with Crippen LogP contribution < -0.4 is 11.1 Å². The van der Waals surface area contributed by atoms with Crippen molar-refractivity contribution in [1.29, 1.82) is 0 Å². The van der Waals surface area contributed by atoms with Crippen molar-refractivity contribution in [2.45, 2.75) is 25.7 Å². The van der Waals surface area contributed by atoms with Gasteiger partial charge < -0.3 is 11.1 Å². The molecule has 0 saturated heterocycles. The summed E-state index contributed by atoms with van der Waals surface area (Å²) in [5.74, 6) is -0.0234. The summed E-state index contributed by atoms with van der Waals surface area (Å²) in [6.07, 6.45) is 6.15. The second-order valence-electron chi connectivity index (χ2n) is 5.21. The third-order valence-corrected chi connectivity index (χ3v) is 4.61. The fraction of sp³-hybridized carbons (Fsp3) is 0.235. The van der Waals surface area contributed by atoms with Crippen LogP contribution in [0.1, 0.15) is 25.7 Å². The molecular weight excluding hydrogens is 280 g/mol. The number of carbonyl (C=O) groups excluding carboxylic acids is 1. The molecule has 2 aromatic rings. The number of nitrogens with two attached hydrogens (primary N) is 1. The Kier molecular flexibility index (Phi) is 4.06. The van der Waals surface area contributed by atoms with Crippen LogP contribution in [-0.2, 0) is 4.79 Å². The molecule has 0 unspecified atom stereocenters. The van der Waals surface area contributed by atoms with Gasteiger partial charge in [-0.2, -0.15) is 0 Å². The molecule has 0 spiro atoms. The van der Waals surface area contributed by atoms with Gasteiger partial charge in [0.2, 0.25) is 0 Å². The minimum Gasteiger partial charge on any atom is -0.397 e. The van der Waals surface area contributed by atoms with Crippen LogP contribution in [0.25, 0.3) is 10.4 Å². The fourth-order valence-corrected chi connectivity index (χ4v) is 3.23. The molecule has 0 saturated carbocycles. The zero-order valence-corrected chi connectivity index (χ0v) is 12.6. The van der Waals surface area contributed by atoms with Gasteiger partial charge >= 0.3 is 0 Å². The standard InChI is InChI=1S/C17H18N2OS/c18-14-9-8-13(16-7-4-10-21-16)11-15(14)19-17(20)12-5-2-1-3-6-12/h4-5,7-11H,1-3,6,18H2,(H,19,20). The largest absolute Gasteiger partial charge is 0.397 e. The molecule has 0 radical (unpaired) electrons. The lowest BCUT2D eigenvalue weighted by atomic mass is 9.99. The molecule has 3 nitrogen and oxygen atoms in total. The fourth-order valence-electron chi connectivity index (χ4n) is 2.51. The Morgan fingerprint density at radius 3 is 2.86 bits per heavy atom. The van der Waals surface area contributed by atoms with Gasteiger partial charge in [0.15, 0.2) is 0 Å². The smallest absolute Gasteiger partial charge is 0.251 e. The van der Waals surface area contributed by atoms with Gasteiger partial charge in [-0.1, -0.05) is 18.2 Å². The van der Waals surface area contributed by atoms with E-state index in [1.54, 1.807) is 11.3 Å². The average Bonchev–Trinajstić information content (AvgIpc) is 3.04. The maximum atomic E-state index is 12.3. The molecule has 0 fully saturated rings. The first-order valence-electron chi connectivity index (χ1n) is 7.18. The molecule has 1 amide bonds. The van der Waals surface area contributed by atoms with Crippen LogP contribution in [0.4, 0.5) is 11.4 Å². The molecular formula is C17H18N2OS. The van der Waals surface area contributed by atoms with Gasteiger partial charge in [0, 0.05) is 10.5 Å². The first-order valence-corrected chi connectivity index (χ1v) is 8.06. The van der Waals surface area contributed by atoms with Crippen molar-refractivity contribution in [2.24, 2.45) is 0 Å². The highest BCUT2D eigenvalue weighted by Crippen LogP contribution is 2.30. The molecule has 0 bridgehead atoms. The van der Waals surface area contributed by atoms with Gasteiger partial charge in [-0.05, 0) is 54.8 Å². The molecule has 0 atom stereocenters. The van der Waals surface area contributed by atoms with E-state index < -0.39 is 0 Å². The van der Waals surface area contributed by atoms with E-state index in [2.05, 4.69) is 11.4 Å². The van der Waals surface area contributed by atoms with Gasteiger partial charge in [-0.15, -0.1) is 11.3 Å². The Labute approximate surface area is 128 Å². The maximum Gasteiger partial charge on any atom is 0.251 e. The molecule has 1 aromatic carbocycles. The molecule has 21 heavy (non-hydrogen) atoms. The van der Waals surface area contributed by atoms with Gasteiger partial charge in [0.05, 0.1) is 11.4 Å². The summed E-state index contributed by atoms with van der Waals surface area (Å²) in [6, 6.07) is 9.85. The minimum absolute atomic E-state index is 0.0234. The van der Waals surface area contributed by atoms with Crippen molar-refractivity contribution in [3.63, 3.8) is 0 Å². The lowest BCUT2D eigenvalue weighted by molar-refractivity contribution is -0.113. The van der Waals surface area contributed by atoms with Crippen LogP contribution in [0.2, 0.25) is 0 Å². The number of carbonyl (C=O) groups is 1. The van der Waals surface area contributed by atoms with Crippen molar-refractivity contribution in [3.05, 3.63) is 47.4 Å². The number of benzene rings is 1. The van der Waals surface area contributed by atoms with Crippen molar-refractivity contribution in [2.75, 3.05) is 11.1 Å². The minimum atomic E-state index is -0.0234. The molecule has 4 heteroatoms. The van der Waals surface area contributed by atoms with E-state index in [0.717, 1.165) is 30.4 Å². The molecule has 1 aromatic heterocycles. The van der Waals surface area contributed by atoms with Crippen molar-refractivity contribution in [1.82, 2.24) is 0 Å². The summed E-state index contributed by atoms with van der Waals surface area (Å²) in [5, 5.41) is 4.99. The lowest BCUT2D eigenvalue weighted by Gasteiger charge is -2.14. The summed E-state index contributed by atoms with van der Waals surface area (Å²) in [6.45, 7) is 0. The Morgan fingerprint density at radius 1 is 1.24 bits per heavy atom. The molecule has 0 aliphatic heterocycles. The number of thiophene rings is 1. The summed E-state index contributed by atoms with van der Waals surface area (Å²) < 4.78 is 0. The third kappa shape index (κ3) is 3.16. The van der Waals surface area contributed by atoms with E-state index in [4.69, 9.17) is 5.73 Å². The predicted octanol–water partition coefficient (Wildman–Crippen LogP) is 4.44. The van der Waals surface area contributed by atoms with Gasteiger partial charge in [-0.3, -0.25) is 4.79 Å². The number of rotatable bonds is 3. The topological polar surface area (TPSA) is 55.1 Å². The van der Waals surface area contributed by atoms with Crippen molar-refractivity contribution < 1.29 is 4.79 Å². The molecule has 3 N–H and O–H groups in total. The van der Waals surface area contributed by atoms with E-state index in [1.807, 2.05) is 35.7 Å². The second-order valence-corrected chi connectivity index (χ2v) is 6.16. The number of nitrogens with one attached hydrogen (secondary N) is 1. The van der Waals surface area contributed by atoms with Crippen LogP contribution >= 0.6 is 11.3 Å². The van der Waals surface area contributed by atoms with E-state index in [9.17, 15) is 4.79 Å². The molecule has 3 rings (SSSR count). The molecule has 108 valence electrons. The van der Waals surface area contributed by atoms with Gasteiger partial charge in [-0.25, -0.2) is 0 Å². The molecule has 1 heterocycles. The summed E-state index contributed by atoms with van der Waals surface area (Å²) in [5.41, 5.74) is 9.23. The Balaban J connectivity index is 1.83. The second kappa shape index (κ2) is 6.14. The quantitative estimate of drug-likeness (QED) is 0.823. The number of anilines is 2. The monoisotopic (exact) mass is 298 g/mol. The van der Waals surface area contributed by atoms with Crippen molar-refractivity contribution in [3.8, 4) is 10.4 Å².